The van der Waals surface area contributed by atoms with Crippen LogP contribution >= 0.6 is 8.53 Å². The maximum absolute atomic E-state index is 10.0. The zero-order valence-electron chi connectivity index (χ0n) is 18.2. The van der Waals surface area contributed by atoms with Crippen molar-refractivity contribution in [3.63, 3.8) is 0 Å². The summed E-state index contributed by atoms with van der Waals surface area (Å²) in [5, 5.41) is 14.3. The van der Waals surface area contributed by atoms with E-state index in [4.69, 9.17) is 13.8 Å². The van der Waals surface area contributed by atoms with E-state index in [0.717, 1.165) is 52.0 Å². The largest absolute Gasteiger partial charge is 0.497 e. The van der Waals surface area contributed by atoms with Crippen LogP contribution in [0, 0.1) is 11.3 Å². The normalized spacial score (nSPS) is 13.9. The highest BCUT2D eigenvalue weighted by Crippen LogP contribution is 2.44. The molecular formula is C24H28N3O3P. The van der Waals surface area contributed by atoms with Gasteiger partial charge in [0.1, 0.15) is 11.8 Å². The number of nitrogens with one attached hydrogen (secondary N) is 1. The Hall–Kier alpha value is -2.58. The molecule has 1 fully saturated rings. The summed E-state index contributed by atoms with van der Waals surface area (Å²) in [4.78, 5) is 0. The summed E-state index contributed by atoms with van der Waals surface area (Å²) in [7, 11) is 0.512. The van der Waals surface area contributed by atoms with Crippen molar-refractivity contribution < 1.29 is 13.8 Å². The van der Waals surface area contributed by atoms with Gasteiger partial charge in [-0.15, -0.1) is 0 Å². The predicted octanol–water partition coefficient (Wildman–Crippen LogP) is 6.63. The summed E-state index contributed by atoms with van der Waals surface area (Å²) in [5.74, 6) is 0.807. The van der Waals surface area contributed by atoms with Crippen molar-refractivity contribution in [2.45, 2.75) is 39.2 Å². The molecule has 1 heterocycles. The molecule has 31 heavy (non-hydrogen) atoms. The quantitative estimate of drug-likeness (QED) is 0.381. The lowest BCUT2D eigenvalue weighted by molar-refractivity contribution is 0.273. The molecule has 162 valence electrons. The molecule has 0 radical (unpaired) electrons. The topological polar surface area (TPSA) is 68.4 Å². The van der Waals surface area contributed by atoms with Crippen LogP contribution in [0.1, 0.15) is 44.7 Å². The van der Waals surface area contributed by atoms with Crippen molar-refractivity contribution in [3.05, 3.63) is 48.0 Å². The van der Waals surface area contributed by atoms with Gasteiger partial charge in [0.2, 0.25) is 0 Å². The lowest BCUT2D eigenvalue weighted by Crippen LogP contribution is -2.17. The highest BCUT2D eigenvalue weighted by Gasteiger charge is 2.28. The minimum absolute atomic E-state index is 0.410. The fourth-order valence-corrected chi connectivity index (χ4v) is 5.02. The van der Waals surface area contributed by atoms with Crippen LogP contribution in [0.3, 0.4) is 0 Å². The Bertz CT molecular complexity index is 1080. The molecule has 3 aromatic rings. The number of nitrogens with zero attached hydrogens (tertiary/aromatic N) is 2. The molecule has 0 aliphatic heterocycles. The van der Waals surface area contributed by atoms with Crippen LogP contribution in [0.25, 0.3) is 22.2 Å². The molecule has 1 aromatic heterocycles. The molecule has 7 heteroatoms. The number of rotatable bonds is 9. The van der Waals surface area contributed by atoms with E-state index in [2.05, 4.69) is 27.9 Å². The fraction of sp³-hybridized carbons (Fsp3) is 0.375. The van der Waals surface area contributed by atoms with E-state index in [-0.39, 0.29) is 0 Å². The number of hydrogen-bond acceptors (Lipinski definition) is 5. The molecular weight excluding hydrogens is 409 g/mol. The smallest absolute Gasteiger partial charge is 0.287 e. The third-order valence-electron chi connectivity index (χ3n) is 5.63. The lowest BCUT2D eigenvalue weighted by Gasteiger charge is -2.30. The van der Waals surface area contributed by atoms with Gasteiger partial charge in [0, 0.05) is 23.2 Å². The molecule has 0 atom stereocenters. The number of ether oxygens (including phenoxy) is 1. The summed E-state index contributed by atoms with van der Waals surface area (Å²) in [6.45, 7) is 5.09. The summed E-state index contributed by atoms with van der Waals surface area (Å²) >= 11 is 0. The first kappa shape index (κ1) is 21.6. The SMILES string of the molecule is CCOP(Nc1ccc(-c2c(C#N)c3ccc(OC)cc3n2C2CCC2)cc1)OCC. The summed E-state index contributed by atoms with van der Waals surface area (Å²) < 4.78 is 19.1. The monoisotopic (exact) mass is 437 g/mol. The molecule has 0 bridgehead atoms. The zero-order valence-corrected chi connectivity index (χ0v) is 19.1. The van der Waals surface area contributed by atoms with Crippen LogP contribution in [0.2, 0.25) is 0 Å². The fourth-order valence-electron chi connectivity index (χ4n) is 3.98. The van der Waals surface area contributed by atoms with Crippen molar-refractivity contribution >= 4 is 25.1 Å². The minimum atomic E-state index is -1.16. The van der Waals surface area contributed by atoms with Gasteiger partial charge in [0.05, 0.1) is 37.1 Å². The Morgan fingerprint density at radius 1 is 1.10 bits per heavy atom. The minimum Gasteiger partial charge on any atom is -0.497 e. The number of hydrogen-bond donors (Lipinski definition) is 1. The van der Waals surface area contributed by atoms with Gasteiger partial charge >= 0.3 is 0 Å². The van der Waals surface area contributed by atoms with Crippen LogP contribution in [-0.4, -0.2) is 24.9 Å². The second-order valence-corrected chi connectivity index (χ2v) is 8.71. The third-order valence-corrected chi connectivity index (χ3v) is 7.06. The Labute approximate surface area is 184 Å². The van der Waals surface area contributed by atoms with E-state index in [9.17, 15) is 5.26 Å². The molecule has 1 saturated carbocycles. The summed E-state index contributed by atoms with van der Waals surface area (Å²) in [6, 6.07) is 17.0. The molecule has 0 spiro atoms. The van der Waals surface area contributed by atoms with Crippen molar-refractivity contribution in [2.75, 3.05) is 25.4 Å². The molecule has 4 rings (SSSR count). The Balaban J connectivity index is 1.76. The van der Waals surface area contributed by atoms with Crippen molar-refractivity contribution in [3.8, 4) is 23.1 Å². The van der Waals surface area contributed by atoms with Gasteiger partial charge in [0.25, 0.3) is 8.53 Å². The maximum atomic E-state index is 10.0. The van der Waals surface area contributed by atoms with Crippen LogP contribution in [0.5, 0.6) is 5.75 Å². The Kier molecular flexibility index (Phi) is 6.77. The van der Waals surface area contributed by atoms with Gasteiger partial charge in [0.15, 0.2) is 0 Å². The number of fused-ring (bicyclic) bond motifs is 1. The number of nitriles is 1. The first-order valence-corrected chi connectivity index (χ1v) is 11.9. The molecule has 0 saturated heterocycles. The van der Waals surface area contributed by atoms with Gasteiger partial charge in [-0.05, 0) is 62.9 Å². The average molecular weight is 437 g/mol. The molecule has 6 nitrogen and oxygen atoms in total. The summed E-state index contributed by atoms with van der Waals surface area (Å²) in [5.41, 5.74) is 4.73. The highest BCUT2D eigenvalue weighted by atomic mass is 31.2. The van der Waals surface area contributed by atoms with Gasteiger partial charge < -0.3 is 23.4 Å². The number of benzene rings is 2. The van der Waals surface area contributed by atoms with Gasteiger partial charge in [-0.2, -0.15) is 5.26 Å². The van der Waals surface area contributed by atoms with E-state index in [1.165, 1.54) is 6.42 Å². The molecule has 0 amide bonds. The van der Waals surface area contributed by atoms with E-state index in [1.807, 2.05) is 44.2 Å². The van der Waals surface area contributed by atoms with Crippen LogP contribution < -0.4 is 9.82 Å². The second-order valence-electron chi connectivity index (χ2n) is 7.46. The van der Waals surface area contributed by atoms with E-state index >= 15 is 0 Å². The lowest BCUT2D eigenvalue weighted by atomic mass is 9.92. The molecule has 1 aliphatic rings. The van der Waals surface area contributed by atoms with Crippen LogP contribution in [-0.2, 0) is 9.05 Å². The molecule has 0 unspecified atom stereocenters. The second kappa shape index (κ2) is 9.70. The standard InChI is InChI=1S/C24H28N3O3P/c1-4-29-31(30-5-2)26-18-11-9-17(10-12-18)24-22(16-25)21-14-13-20(28-3)15-23(21)27(24)19-7-6-8-19/h9-15,19,26H,4-8H2,1-3H3. The van der Waals surface area contributed by atoms with Crippen molar-refractivity contribution in [1.29, 1.82) is 5.26 Å². The zero-order chi connectivity index (χ0) is 21.8. The van der Waals surface area contributed by atoms with Crippen LogP contribution in [0.15, 0.2) is 42.5 Å². The maximum Gasteiger partial charge on any atom is 0.287 e. The number of anilines is 1. The average Bonchev–Trinajstić information content (AvgIpc) is 3.06. The first-order chi connectivity index (χ1) is 15.2. The first-order valence-electron chi connectivity index (χ1n) is 10.7. The van der Waals surface area contributed by atoms with E-state index < -0.39 is 8.53 Å². The molecule has 1 N–H and O–H groups in total. The van der Waals surface area contributed by atoms with Crippen molar-refractivity contribution in [1.82, 2.24) is 4.57 Å². The van der Waals surface area contributed by atoms with Gasteiger partial charge in [-0.1, -0.05) is 12.1 Å². The van der Waals surface area contributed by atoms with E-state index in [1.54, 1.807) is 7.11 Å². The third kappa shape index (κ3) is 4.27. The number of aromatic nitrogens is 1. The molecule has 1 aliphatic carbocycles. The predicted molar refractivity (Wildman–Crippen MR) is 125 cm³/mol. The van der Waals surface area contributed by atoms with E-state index in [0.29, 0.717) is 19.3 Å². The Morgan fingerprint density at radius 3 is 2.35 bits per heavy atom. The number of methoxy groups -OCH3 is 1. The molecule has 2 aromatic carbocycles. The summed E-state index contributed by atoms with van der Waals surface area (Å²) in [6.07, 6.45) is 3.48. The van der Waals surface area contributed by atoms with Crippen molar-refractivity contribution in [2.24, 2.45) is 0 Å². The van der Waals surface area contributed by atoms with Crippen LogP contribution in [0.4, 0.5) is 5.69 Å². The highest BCUT2D eigenvalue weighted by molar-refractivity contribution is 7.48. The van der Waals surface area contributed by atoms with Gasteiger partial charge in [-0.25, -0.2) is 0 Å². The Morgan fingerprint density at radius 2 is 1.81 bits per heavy atom. The van der Waals surface area contributed by atoms with Gasteiger partial charge in [-0.3, -0.25) is 0 Å².